The Morgan fingerprint density at radius 3 is 2.75 bits per heavy atom. The number of aromatic nitrogens is 2. The average Bonchev–Trinajstić information content (AvgIpc) is 2.70. The molecule has 0 aliphatic heterocycles. The van der Waals surface area contributed by atoms with Crippen molar-refractivity contribution < 1.29 is 9.59 Å². The average molecular weight is 217 g/mol. The Balaban J connectivity index is 2.48. The maximum absolute atomic E-state index is 11.8. The molecular weight excluding hydrogens is 206 g/mol. The highest BCUT2D eigenvalue weighted by molar-refractivity contribution is 6.42. The summed E-state index contributed by atoms with van der Waals surface area (Å²) in [4.78, 5) is 28.6. The van der Waals surface area contributed by atoms with Gasteiger partial charge in [-0.1, -0.05) is 6.07 Å². The Morgan fingerprint density at radius 2 is 2.06 bits per heavy atom. The molecule has 2 aromatic heterocycles. The molecule has 0 saturated heterocycles. The Kier molecular flexibility index (Phi) is 2.44. The van der Waals surface area contributed by atoms with Crippen LogP contribution in [0.25, 0.3) is 5.65 Å². The van der Waals surface area contributed by atoms with Crippen LogP contribution in [-0.2, 0) is 4.79 Å². The lowest BCUT2D eigenvalue weighted by Gasteiger charge is -2.08. The lowest BCUT2D eigenvalue weighted by Crippen LogP contribution is -2.30. The van der Waals surface area contributed by atoms with Crippen LogP contribution >= 0.6 is 0 Å². The van der Waals surface area contributed by atoms with Crippen molar-refractivity contribution in [3.63, 3.8) is 0 Å². The summed E-state index contributed by atoms with van der Waals surface area (Å²) in [5.41, 5.74) is 0.937. The molecule has 0 aliphatic rings. The zero-order chi connectivity index (χ0) is 11.7. The minimum Gasteiger partial charge on any atom is -0.342 e. The van der Waals surface area contributed by atoms with Crippen LogP contribution in [-0.4, -0.2) is 40.1 Å². The van der Waals surface area contributed by atoms with Crippen LogP contribution in [0.2, 0.25) is 0 Å². The van der Waals surface area contributed by atoms with E-state index in [0.717, 1.165) is 0 Å². The largest absolute Gasteiger partial charge is 0.342 e. The first-order valence-electron chi connectivity index (χ1n) is 4.79. The van der Waals surface area contributed by atoms with Gasteiger partial charge in [0, 0.05) is 20.3 Å². The van der Waals surface area contributed by atoms with Crippen LogP contribution < -0.4 is 0 Å². The molecule has 16 heavy (non-hydrogen) atoms. The van der Waals surface area contributed by atoms with Gasteiger partial charge in [0.1, 0.15) is 11.3 Å². The quantitative estimate of drug-likeness (QED) is 0.547. The van der Waals surface area contributed by atoms with Crippen LogP contribution in [0.15, 0.2) is 30.6 Å². The molecule has 0 unspecified atom stereocenters. The SMILES string of the molecule is CN(C)C(=O)C(=O)c1cnc2ccccn12. The first-order chi connectivity index (χ1) is 7.61. The van der Waals surface area contributed by atoms with Crippen molar-refractivity contribution in [3.05, 3.63) is 36.3 Å². The van der Waals surface area contributed by atoms with E-state index in [1.807, 2.05) is 6.07 Å². The Labute approximate surface area is 92.3 Å². The van der Waals surface area contributed by atoms with Crippen LogP contribution in [0.4, 0.5) is 0 Å². The number of ketones is 1. The molecule has 82 valence electrons. The predicted molar refractivity (Wildman–Crippen MR) is 58.2 cm³/mol. The minimum absolute atomic E-state index is 0.286. The third kappa shape index (κ3) is 1.56. The van der Waals surface area contributed by atoms with Crippen molar-refractivity contribution in [3.8, 4) is 0 Å². The summed E-state index contributed by atoms with van der Waals surface area (Å²) in [5, 5.41) is 0. The zero-order valence-electron chi connectivity index (χ0n) is 9.04. The van der Waals surface area contributed by atoms with E-state index in [2.05, 4.69) is 4.98 Å². The van der Waals surface area contributed by atoms with Crippen molar-refractivity contribution in [1.29, 1.82) is 0 Å². The van der Waals surface area contributed by atoms with Crippen LogP contribution in [0.5, 0.6) is 0 Å². The summed E-state index contributed by atoms with van der Waals surface area (Å²) < 4.78 is 1.60. The molecule has 0 atom stereocenters. The molecule has 2 aromatic rings. The van der Waals surface area contributed by atoms with Gasteiger partial charge >= 0.3 is 0 Å². The number of hydrogen-bond acceptors (Lipinski definition) is 3. The van der Waals surface area contributed by atoms with E-state index in [1.54, 1.807) is 36.8 Å². The van der Waals surface area contributed by atoms with E-state index in [-0.39, 0.29) is 5.69 Å². The number of fused-ring (bicyclic) bond motifs is 1. The van der Waals surface area contributed by atoms with E-state index >= 15 is 0 Å². The van der Waals surface area contributed by atoms with Gasteiger partial charge in [0.25, 0.3) is 11.7 Å². The van der Waals surface area contributed by atoms with Crippen LogP contribution in [0.3, 0.4) is 0 Å². The molecule has 0 saturated carbocycles. The molecule has 0 radical (unpaired) electrons. The maximum Gasteiger partial charge on any atom is 0.296 e. The molecule has 5 nitrogen and oxygen atoms in total. The number of likely N-dealkylation sites (N-methyl/N-ethyl adjacent to an activating group) is 1. The Bertz CT molecular complexity index is 557. The fraction of sp³-hybridized carbons (Fsp3) is 0.182. The maximum atomic E-state index is 11.8. The number of rotatable bonds is 2. The molecule has 0 N–H and O–H groups in total. The van der Waals surface area contributed by atoms with Crippen molar-refractivity contribution in [2.45, 2.75) is 0 Å². The van der Waals surface area contributed by atoms with Crippen molar-refractivity contribution in [1.82, 2.24) is 14.3 Å². The van der Waals surface area contributed by atoms with Gasteiger partial charge in [0.15, 0.2) is 0 Å². The zero-order valence-corrected chi connectivity index (χ0v) is 9.04. The van der Waals surface area contributed by atoms with Gasteiger partial charge in [-0.15, -0.1) is 0 Å². The molecule has 5 heteroatoms. The molecule has 0 aromatic carbocycles. The van der Waals surface area contributed by atoms with Crippen molar-refractivity contribution in [2.75, 3.05) is 14.1 Å². The highest BCUT2D eigenvalue weighted by atomic mass is 16.2. The fourth-order valence-corrected chi connectivity index (χ4v) is 1.41. The number of Topliss-reactive ketones (excluding diaryl/α,β-unsaturated/α-hetero) is 1. The summed E-state index contributed by atoms with van der Waals surface area (Å²) in [6.07, 6.45) is 3.12. The number of amides is 1. The van der Waals surface area contributed by atoms with Gasteiger partial charge in [0.05, 0.1) is 6.20 Å². The molecule has 0 fully saturated rings. The number of carbonyl (C=O) groups is 2. The van der Waals surface area contributed by atoms with E-state index in [0.29, 0.717) is 5.65 Å². The summed E-state index contributed by atoms with van der Waals surface area (Å²) in [7, 11) is 3.09. The van der Waals surface area contributed by atoms with E-state index < -0.39 is 11.7 Å². The first-order valence-corrected chi connectivity index (χ1v) is 4.79. The standard InChI is InChI=1S/C11H11N3O2/c1-13(2)11(16)10(15)8-7-12-9-5-3-4-6-14(8)9/h3-7H,1-2H3. The monoisotopic (exact) mass is 217 g/mol. The number of pyridine rings is 1. The highest BCUT2D eigenvalue weighted by Crippen LogP contribution is 2.07. The molecular formula is C11H11N3O2. The summed E-state index contributed by atoms with van der Waals surface area (Å²) in [6.45, 7) is 0. The second kappa shape index (κ2) is 3.77. The Morgan fingerprint density at radius 1 is 1.31 bits per heavy atom. The molecule has 1 amide bonds. The third-order valence-electron chi connectivity index (χ3n) is 2.25. The predicted octanol–water partition coefficient (Wildman–Crippen LogP) is 0.605. The fourth-order valence-electron chi connectivity index (χ4n) is 1.41. The van der Waals surface area contributed by atoms with Gasteiger partial charge in [0.2, 0.25) is 0 Å². The van der Waals surface area contributed by atoms with E-state index in [1.165, 1.54) is 11.1 Å². The topological polar surface area (TPSA) is 54.7 Å². The van der Waals surface area contributed by atoms with Gasteiger partial charge in [-0.3, -0.25) is 14.0 Å². The number of carbonyl (C=O) groups excluding carboxylic acids is 2. The van der Waals surface area contributed by atoms with E-state index in [9.17, 15) is 9.59 Å². The van der Waals surface area contributed by atoms with Gasteiger partial charge in [-0.2, -0.15) is 0 Å². The van der Waals surface area contributed by atoms with Gasteiger partial charge in [-0.25, -0.2) is 4.98 Å². The number of imidazole rings is 1. The number of hydrogen-bond donors (Lipinski definition) is 0. The third-order valence-corrected chi connectivity index (χ3v) is 2.25. The lowest BCUT2D eigenvalue weighted by molar-refractivity contribution is -0.124. The molecule has 0 spiro atoms. The second-order valence-electron chi connectivity index (χ2n) is 3.60. The van der Waals surface area contributed by atoms with Gasteiger partial charge in [-0.05, 0) is 12.1 Å². The van der Waals surface area contributed by atoms with Crippen molar-refractivity contribution >= 4 is 17.3 Å². The highest BCUT2D eigenvalue weighted by Gasteiger charge is 2.21. The summed E-state index contributed by atoms with van der Waals surface area (Å²) >= 11 is 0. The lowest BCUT2D eigenvalue weighted by atomic mass is 10.3. The van der Waals surface area contributed by atoms with Crippen LogP contribution in [0.1, 0.15) is 10.5 Å². The van der Waals surface area contributed by atoms with Crippen molar-refractivity contribution in [2.24, 2.45) is 0 Å². The normalized spacial score (nSPS) is 10.4. The first kappa shape index (κ1) is 10.4. The van der Waals surface area contributed by atoms with Gasteiger partial charge < -0.3 is 4.90 Å². The minimum atomic E-state index is -0.552. The number of nitrogens with zero attached hydrogens (tertiary/aromatic N) is 3. The molecule has 2 heterocycles. The summed E-state index contributed by atoms with van der Waals surface area (Å²) in [5.74, 6) is -1.10. The summed E-state index contributed by atoms with van der Waals surface area (Å²) in [6, 6.07) is 5.38. The van der Waals surface area contributed by atoms with E-state index in [4.69, 9.17) is 0 Å². The Hall–Kier alpha value is -2.17. The molecule has 2 rings (SSSR count). The van der Waals surface area contributed by atoms with Crippen LogP contribution in [0, 0.1) is 0 Å². The second-order valence-corrected chi connectivity index (χ2v) is 3.60. The smallest absolute Gasteiger partial charge is 0.296 e. The molecule has 0 bridgehead atoms. The molecule has 0 aliphatic carbocycles.